The number of aliphatic hydroxyl groups is 1. The van der Waals surface area contributed by atoms with Crippen molar-refractivity contribution in [2.75, 3.05) is 20.3 Å². The molecular weight excluding hydrogens is 264 g/mol. The van der Waals surface area contributed by atoms with Crippen LogP contribution in [0.5, 0.6) is 5.75 Å². The number of hydrogen-bond donors (Lipinski definition) is 3. The van der Waals surface area contributed by atoms with Gasteiger partial charge in [0, 0.05) is 24.7 Å². The van der Waals surface area contributed by atoms with Crippen LogP contribution < -0.4 is 15.8 Å². The van der Waals surface area contributed by atoms with Crippen LogP contribution in [0.2, 0.25) is 0 Å². The third-order valence-electron chi connectivity index (χ3n) is 4.63. The van der Waals surface area contributed by atoms with Gasteiger partial charge in [-0.15, -0.1) is 0 Å². The topological polar surface area (TPSA) is 67.5 Å². The molecule has 0 amide bonds. The van der Waals surface area contributed by atoms with E-state index in [4.69, 9.17) is 10.5 Å². The first-order valence-corrected chi connectivity index (χ1v) is 7.82. The van der Waals surface area contributed by atoms with Crippen molar-refractivity contribution in [1.82, 2.24) is 5.32 Å². The van der Waals surface area contributed by atoms with Gasteiger partial charge < -0.3 is 20.9 Å². The minimum absolute atomic E-state index is 0.142. The summed E-state index contributed by atoms with van der Waals surface area (Å²) in [6, 6.07) is 8.53. The second-order valence-corrected chi connectivity index (χ2v) is 6.41. The van der Waals surface area contributed by atoms with Crippen molar-refractivity contribution in [2.24, 2.45) is 11.7 Å². The first kappa shape index (κ1) is 16.3. The van der Waals surface area contributed by atoms with Gasteiger partial charge in [-0.3, -0.25) is 0 Å². The molecule has 1 aliphatic rings. The van der Waals surface area contributed by atoms with Gasteiger partial charge >= 0.3 is 0 Å². The Balaban J connectivity index is 2.02. The number of methoxy groups -OCH3 is 1. The molecule has 0 bridgehead atoms. The number of nitrogens with one attached hydrogen (secondary N) is 1. The molecule has 0 aliphatic heterocycles. The van der Waals surface area contributed by atoms with E-state index in [1.807, 2.05) is 12.1 Å². The van der Waals surface area contributed by atoms with Gasteiger partial charge in [-0.1, -0.05) is 18.6 Å². The minimum atomic E-state index is -0.142. The van der Waals surface area contributed by atoms with Gasteiger partial charge in [0.25, 0.3) is 0 Å². The second kappa shape index (κ2) is 7.25. The van der Waals surface area contributed by atoms with E-state index in [1.165, 1.54) is 12.0 Å². The van der Waals surface area contributed by atoms with Crippen LogP contribution in [0.25, 0.3) is 0 Å². The number of benzene rings is 1. The molecule has 0 spiro atoms. The lowest BCUT2D eigenvalue weighted by Crippen LogP contribution is -2.55. The van der Waals surface area contributed by atoms with E-state index in [0.29, 0.717) is 18.5 Å². The molecule has 3 atom stereocenters. The molecule has 0 radical (unpaired) electrons. The van der Waals surface area contributed by atoms with Crippen molar-refractivity contribution in [3.63, 3.8) is 0 Å². The van der Waals surface area contributed by atoms with Crippen LogP contribution in [0.1, 0.15) is 31.7 Å². The minimum Gasteiger partial charge on any atom is -0.497 e. The number of rotatable bonds is 7. The van der Waals surface area contributed by atoms with Gasteiger partial charge in [0.15, 0.2) is 0 Å². The molecule has 1 aromatic rings. The second-order valence-electron chi connectivity index (χ2n) is 6.41. The lowest BCUT2D eigenvalue weighted by molar-refractivity contribution is 0.184. The summed E-state index contributed by atoms with van der Waals surface area (Å²) >= 11 is 0. The fraction of sp³-hybridized carbons (Fsp3) is 0.647. The van der Waals surface area contributed by atoms with Gasteiger partial charge in [-0.2, -0.15) is 0 Å². The zero-order chi connectivity index (χ0) is 15.3. The average molecular weight is 292 g/mol. The van der Waals surface area contributed by atoms with Crippen molar-refractivity contribution in [1.29, 1.82) is 0 Å². The molecule has 21 heavy (non-hydrogen) atoms. The smallest absolute Gasteiger partial charge is 0.118 e. The Bertz CT molecular complexity index is 435. The van der Waals surface area contributed by atoms with Crippen LogP contribution in [0.4, 0.5) is 0 Å². The fourth-order valence-corrected chi connectivity index (χ4v) is 3.27. The highest BCUT2D eigenvalue weighted by Gasteiger charge is 2.33. The van der Waals surface area contributed by atoms with Crippen molar-refractivity contribution in [3.05, 3.63) is 29.8 Å². The van der Waals surface area contributed by atoms with Gasteiger partial charge in [0.05, 0.1) is 7.11 Å². The summed E-state index contributed by atoms with van der Waals surface area (Å²) in [5, 5.41) is 13.2. The fourth-order valence-electron chi connectivity index (χ4n) is 3.27. The summed E-state index contributed by atoms with van der Waals surface area (Å²) < 4.78 is 5.19. The van der Waals surface area contributed by atoms with E-state index in [1.54, 1.807) is 7.11 Å². The van der Waals surface area contributed by atoms with Crippen LogP contribution in [-0.4, -0.2) is 36.9 Å². The van der Waals surface area contributed by atoms with Crippen LogP contribution >= 0.6 is 0 Å². The summed E-state index contributed by atoms with van der Waals surface area (Å²) in [6.07, 6.45) is 4.30. The monoisotopic (exact) mass is 292 g/mol. The average Bonchev–Trinajstić information content (AvgIpc) is 2.95. The van der Waals surface area contributed by atoms with Crippen molar-refractivity contribution >= 4 is 0 Å². The summed E-state index contributed by atoms with van der Waals surface area (Å²) in [4.78, 5) is 0. The highest BCUT2D eigenvalue weighted by atomic mass is 16.5. The van der Waals surface area contributed by atoms with E-state index in [2.05, 4.69) is 24.4 Å². The van der Waals surface area contributed by atoms with Crippen LogP contribution in [0.3, 0.4) is 0 Å². The number of hydrogen-bond acceptors (Lipinski definition) is 4. The Hall–Kier alpha value is -1.10. The van der Waals surface area contributed by atoms with Crippen LogP contribution in [0, 0.1) is 5.92 Å². The van der Waals surface area contributed by atoms with E-state index >= 15 is 0 Å². The molecule has 4 heteroatoms. The van der Waals surface area contributed by atoms with E-state index in [9.17, 15) is 5.11 Å². The van der Waals surface area contributed by atoms with Crippen molar-refractivity contribution in [2.45, 2.75) is 44.2 Å². The highest BCUT2D eigenvalue weighted by molar-refractivity contribution is 5.28. The number of ether oxygens (including phenoxy) is 1. The summed E-state index contributed by atoms with van der Waals surface area (Å²) in [5.74, 6) is 1.24. The maximum atomic E-state index is 9.47. The van der Waals surface area contributed by atoms with E-state index < -0.39 is 0 Å². The number of nitrogens with two attached hydrogens (primary N) is 1. The molecule has 4 nitrogen and oxygen atoms in total. The molecule has 0 heterocycles. The molecule has 2 rings (SSSR count). The quantitative estimate of drug-likeness (QED) is 0.715. The summed E-state index contributed by atoms with van der Waals surface area (Å²) in [7, 11) is 1.68. The maximum absolute atomic E-state index is 9.47. The normalized spacial score (nSPS) is 24.8. The molecule has 118 valence electrons. The van der Waals surface area contributed by atoms with Gasteiger partial charge in [-0.05, 0) is 49.8 Å². The molecule has 1 aromatic carbocycles. The molecule has 4 N–H and O–H groups in total. The molecule has 0 saturated heterocycles. The Morgan fingerprint density at radius 3 is 2.62 bits per heavy atom. The Kier molecular flexibility index (Phi) is 5.62. The molecule has 1 aliphatic carbocycles. The molecule has 3 unspecified atom stereocenters. The van der Waals surface area contributed by atoms with Gasteiger partial charge in [0.1, 0.15) is 5.75 Å². The predicted octanol–water partition coefficient (Wildman–Crippen LogP) is 1.71. The standard InChI is InChI=1S/C17H28N2O2/c1-17(12-18,19-16-5-3-4-14(16)11-20)10-13-6-8-15(21-2)9-7-13/h6-9,14,16,19-20H,3-5,10-12,18H2,1-2H3. The Morgan fingerprint density at radius 2 is 2.05 bits per heavy atom. The summed E-state index contributed by atoms with van der Waals surface area (Å²) in [5.41, 5.74) is 7.13. The molecule has 1 saturated carbocycles. The Morgan fingerprint density at radius 1 is 1.33 bits per heavy atom. The van der Waals surface area contributed by atoms with Crippen molar-refractivity contribution < 1.29 is 9.84 Å². The molecule has 1 fully saturated rings. The SMILES string of the molecule is COc1ccc(CC(C)(CN)NC2CCCC2CO)cc1. The number of aliphatic hydroxyl groups excluding tert-OH is 1. The first-order chi connectivity index (χ1) is 10.1. The van der Waals surface area contributed by atoms with Gasteiger partial charge in [0.2, 0.25) is 0 Å². The third-order valence-corrected chi connectivity index (χ3v) is 4.63. The maximum Gasteiger partial charge on any atom is 0.118 e. The Labute approximate surface area is 127 Å². The zero-order valence-corrected chi connectivity index (χ0v) is 13.1. The van der Waals surface area contributed by atoms with Crippen LogP contribution in [-0.2, 0) is 6.42 Å². The van der Waals surface area contributed by atoms with E-state index in [0.717, 1.165) is 25.0 Å². The van der Waals surface area contributed by atoms with Crippen molar-refractivity contribution in [3.8, 4) is 5.75 Å². The summed E-state index contributed by atoms with van der Waals surface area (Å²) in [6.45, 7) is 3.01. The highest BCUT2D eigenvalue weighted by Crippen LogP contribution is 2.27. The van der Waals surface area contributed by atoms with Gasteiger partial charge in [-0.25, -0.2) is 0 Å². The predicted molar refractivity (Wildman–Crippen MR) is 85.5 cm³/mol. The third kappa shape index (κ3) is 4.19. The van der Waals surface area contributed by atoms with E-state index in [-0.39, 0.29) is 12.1 Å². The zero-order valence-electron chi connectivity index (χ0n) is 13.1. The first-order valence-electron chi connectivity index (χ1n) is 7.82. The lowest BCUT2D eigenvalue weighted by atomic mass is 9.90. The molecular formula is C17H28N2O2. The van der Waals surface area contributed by atoms with Crippen LogP contribution in [0.15, 0.2) is 24.3 Å². The lowest BCUT2D eigenvalue weighted by Gasteiger charge is -2.35. The molecule has 0 aromatic heterocycles. The largest absolute Gasteiger partial charge is 0.497 e.